The van der Waals surface area contributed by atoms with Gasteiger partial charge in [0.1, 0.15) is 5.82 Å². The Morgan fingerprint density at radius 3 is 2.71 bits per heavy atom. The molecule has 0 fully saturated rings. The lowest BCUT2D eigenvalue weighted by atomic mass is 10.2. The summed E-state index contributed by atoms with van der Waals surface area (Å²) in [6.45, 7) is -2.68. The van der Waals surface area contributed by atoms with E-state index in [2.05, 4.69) is 15.5 Å². The number of hydrogen-bond acceptors (Lipinski definition) is 5. The molecule has 0 aliphatic carbocycles. The maximum absolute atomic E-state index is 12.9. The van der Waals surface area contributed by atoms with Crippen LogP contribution in [0, 0.1) is 0 Å². The van der Waals surface area contributed by atoms with Crippen LogP contribution >= 0.6 is 0 Å². The Morgan fingerprint density at radius 1 is 1.33 bits per heavy atom. The Labute approximate surface area is 134 Å². The first-order valence-electron chi connectivity index (χ1n) is 6.82. The third-order valence-electron chi connectivity index (χ3n) is 3.20. The highest BCUT2D eigenvalue weighted by Crippen LogP contribution is 2.24. The Balaban J connectivity index is 1.75. The Bertz CT molecular complexity index is 843. The minimum Gasteiger partial charge on any atom is -0.479 e. The largest absolute Gasteiger partial charge is 0.479 e. The van der Waals surface area contributed by atoms with Gasteiger partial charge in [-0.2, -0.15) is 8.78 Å². The number of halogens is 2. The van der Waals surface area contributed by atoms with E-state index in [9.17, 15) is 13.6 Å². The molecule has 24 heavy (non-hydrogen) atoms. The fourth-order valence-corrected chi connectivity index (χ4v) is 2.05. The molecule has 1 aromatic carbocycles. The minimum absolute atomic E-state index is 0.0100. The van der Waals surface area contributed by atoms with E-state index in [1.807, 2.05) is 0 Å². The number of hydrogen-bond donors (Lipinski definition) is 1. The summed E-state index contributed by atoms with van der Waals surface area (Å²) < 4.78 is 36.1. The van der Waals surface area contributed by atoms with Gasteiger partial charge >= 0.3 is 6.55 Å². The molecule has 1 N–H and O–H groups in total. The molecule has 7 nitrogen and oxygen atoms in total. The van der Waals surface area contributed by atoms with Crippen LogP contribution in [0.15, 0.2) is 47.2 Å². The van der Waals surface area contributed by atoms with Crippen LogP contribution in [0.2, 0.25) is 0 Å². The molecular weight excluding hydrogens is 322 g/mol. The van der Waals surface area contributed by atoms with Gasteiger partial charge in [-0.15, -0.1) is 0 Å². The van der Waals surface area contributed by atoms with Crippen LogP contribution in [-0.4, -0.2) is 27.7 Å². The van der Waals surface area contributed by atoms with E-state index in [-0.39, 0.29) is 17.5 Å². The van der Waals surface area contributed by atoms with Crippen molar-refractivity contribution < 1.29 is 22.8 Å². The Hall–Kier alpha value is -3.23. The van der Waals surface area contributed by atoms with Crippen molar-refractivity contribution in [3.8, 4) is 17.3 Å². The zero-order valence-corrected chi connectivity index (χ0v) is 12.4. The van der Waals surface area contributed by atoms with Gasteiger partial charge in [0.05, 0.1) is 13.2 Å². The number of anilines is 1. The van der Waals surface area contributed by atoms with Crippen LogP contribution in [0.3, 0.4) is 0 Å². The number of rotatable bonds is 5. The van der Waals surface area contributed by atoms with Crippen molar-refractivity contribution >= 4 is 11.6 Å². The molecule has 2 heterocycles. The molecule has 0 bridgehead atoms. The first-order valence-corrected chi connectivity index (χ1v) is 6.82. The van der Waals surface area contributed by atoms with E-state index in [4.69, 9.17) is 9.26 Å². The fraction of sp³-hybridized carbons (Fsp3) is 0.133. The molecule has 0 saturated carbocycles. The predicted octanol–water partition coefficient (Wildman–Crippen LogP) is 3.19. The number of nitrogens with one attached hydrogen (secondary N) is 1. The summed E-state index contributed by atoms with van der Waals surface area (Å²) >= 11 is 0. The van der Waals surface area contributed by atoms with Gasteiger partial charge in [0.2, 0.25) is 5.76 Å². The predicted molar refractivity (Wildman–Crippen MR) is 79.9 cm³/mol. The van der Waals surface area contributed by atoms with Crippen molar-refractivity contribution in [2.75, 3.05) is 12.4 Å². The first kappa shape index (κ1) is 15.7. The van der Waals surface area contributed by atoms with Crippen molar-refractivity contribution in [1.29, 1.82) is 0 Å². The molecule has 124 valence electrons. The number of amides is 1. The lowest BCUT2D eigenvalue weighted by Gasteiger charge is -2.07. The summed E-state index contributed by atoms with van der Waals surface area (Å²) in [5.74, 6) is -0.186. The Kier molecular flexibility index (Phi) is 4.23. The second-order valence-corrected chi connectivity index (χ2v) is 4.70. The van der Waals surface area contributed by atoms with Crippen molar-refractivity contribution in [3.63, 3.8) is 0 Å². The van der Waals surface area contributed by atoms with Gasteiger partial charge in [-0.05, 0) is 29.4 Å². The van der Waals surface area contributed by atoms with E-state index in [0.717, 1.165) is 4.57 Å². The van der Waals surface area contributed by atoms with Gasteiger partial charge in [-0.25, -0.2) is 4.98 Å². The third-order valence-corrected chi connectivity index (χ3v) is 3.20. The summed E-state index contributed by atoms with van der Waals surface area (Å²) in [7, 11) is 1.40. The number of aromatic nitrogens is 3. The average Bonchev–Trinajstić information content (AvgIpc) is 3.25. The second kappa shape index (κ2) is 6.49. The number of benzene rings is 1. The molecule has 0 saturated heterocycles. The smallest absolute Gasteiger partial charge is 0.320 e. The minimum atomic E-state index is -2.68. The highest BCUT2D eigenvalue weighted by molar-refractivity contribution is 6.02. The number of methoxy groups -OCH3 is 1. The molecule has 0 unspecified atom stereocenters. The number of imidazole rings is 1. The number of alkyl halides is 2. The molecule has 1 amide bonds. The lowest BCUT2D eigenvalue weighted by molar-refractivity contribution is 0.0720. The average molecular weight is 334 g/mol. The summed E-state index contributed by atoms with van der Waals surface area (Å²) in [6, 6.07) is 7.66. The summed E-state index contributed by atoms with van der Waals surface area (Å²) in [6.07, 6.45) is 2.50. The zero-order chi connectivity index (χ0) is 17.1. The number of carbonyl (C=O) groups is 1. The van der Waals surface area contributed by atoms with E-state index in [1.165, 1.54) is 25.6 Å². The molecular formula is C15H12F2N4O3. The van der Waals surface area contributed by atoms with Gasteiger partial charge in [-0.3, -0.25) is 9.36 Å². The number of nitrogens with zero attached hydrogens (tertiary/aromatic N) is 3. The van der Waals surface area contributed by atoms with Gasteiger partial charge in [0.25, 0.3) is 11.8 Å². The normalized spacial score (nSPS) is 10.8. The van der Waals surface area contributed by atoms with Crippen molar-refractivity contribution in [1.82, 2.24) is 14.7 Å². The van der Waals surface area contributed by atoms with Crippen LogP contribution in [0.1, 0.15) is 17.1 Å². The van der Waals surface area contributed by atoms with Crippen LogP contribution in [0.4, 0.5) is 14.5 Å². The van der Waals surface area contributed by atoms with Gasteiger partial charge < -0.3 is 14.6 Å². The quantitative estimate of drug-likeness (QED) is 0.775. The second-order valence-electron chi connectivity index (χ2n) is 4.70. The molecule has 0 radical (unpaired) electrons. The first-order chi connectivity index (χ1) is 11.6. The molecule has 2 aromatic heterocycles. The number of ether oxygens (including phenoxy) is 1. The topological polar surface area (TPSA) is 82.2 Å². The van der Waals surface area contributed by atoms with Crippen molar-refractivity contribution in [2.45, 2.75) is 6.55 Å². The van der Waals surface area contributed by atoms with E-state index < -0.39 is 12.5 Å². The SMILES string of the molecule is COc1cc(C(=O)Nc2ccc(-c3nccn3C(F)F)cc2)on1. The summed E-state index contributed by atoms with van der Waals surface area (Å²) in [5.41, 5.74) is 0.967. The monoisotopic (exact) mass is 334 g/mol. The van der Waals surface area contributed by atoms with Crippen LogP contribution in [0.25, 0.3) is 11.4 Å². The van der Waals surface area contributed by atoms with Crippen LogP contribution in [-0.2, 0) is 0 Å². The standard InChI is InChI=1S/C15H12F2N4O3/c1-23-12-8-11(24-20-12)14(22)19-10-4-2-9(3-5-10)13-18-6-7-21(13)15(16)17/h2-8,15H,1H3,(H,19,22). The molecule has 0 aliphatic heterocycles. The maximum Gasteiger partial charge on any atom is 0.320 e. The van der Waals surface area contributed by atoms with E-state index >= 15 is 0 Å². The molecule has 9 heteroatoms. The third kappa shape index (κ3) is 3.09. The van der Waals surface area contributed by atoms with Crippen molar-refractivity contribution in [2.24, 2.45) is 0 Å². The lowest BCUT2D eigenvalue weighted by Crippen LogP contribution is -2.10. The highest BCUT2D eigenvalue weighted by atomic mass is 19.3. The molecule has 3 aromatic rings. The van der Waals surface area contributed by atoms with Gasteiger partial charge in [0, 0.05) is 23.6 Å². The molecule has 0 atom stereocenters. The van der Waals surface area contributed by atoms with E-state index in [1.54, 1.807) is 24.3 Å². The highest BCUT2D eigenvalue weighted by Gasteiger charge is 2.15. The van der Waals surface area contributed by atoms with E-state index in [0.29, 0.717) is 11.3 Å². The van der Waals surface area contributed by atoms with Crippen LogP contribution in [0.5, 0.6) is 5.88 Å². The molecule has 0 aliphatic rings. The van der Waals surface area contributed by atoms with Crippen LogP contribution < -0.4 is 10.1 Å². The zero-order valence-electron chi connectivity index (χ0n) is 12.4. The summed E-state index contributed by atoms with van der Waals surface area (Å²) in [5, 5.41) is 6.13. The van der Waals surface area contributed by atoms with Gasteiger partial charge in [0.15, 0.2) is 0 Å². The number of carbonyl (C=O) groups excluding carboxylic acids is 1. The maximum atomic E-state index is 12.9. The fourth-order valence-electron chi connectivity index (χ4n) is 2.05. The van der Waals surface area contributed by atoms with Crippen molar-refractivity contribution in [3.05, 3.63) is 48.5 Å². The van der Waals surface area contributed by atoms with Gasteiger partial charge in [-0.1, -0.05) is 0 Å². The Morgan fingerprint density at radius 2 is 2.08 bits per heavy atom. The summed E-state index contributed by atoms with van der Waals surface area (Å²) in [4.78, 5) is 15.9. The molecule has 3 rings (SSSR count). The molecule has 0 spiro atoms.